The summed E-state index contributed by atoms with van der Waals surface area (Å²) in [4.78, 5) is 12.0. The molecule has 0 fully saturated rings. The Morgan fingerprint density at radius 3 is 2.66 bits per heavy atom. The van der Waals surface area contributed by atoms with Gasteiger partial charge in [-0.1, -0.05) is 50.8 Å². The highest BCUT2D eigenvalue weighted by molar-refractivity contribution is 7.80. The number of aromatic nitrogens is 2. The van der Waals surface area contributed by atoms with Crippen molar-refractivity contribution in [3.63, 3.8) is 0 Å². The summed E-state index contributed by atoms with van der Waals surface area (Å²) in [5.41, 5.74) is 7.35. The predicted molar refractivity (Wildman–Crippen MR) is 118 cm³/mol. The van der Waals surface area contributed by atoms with Gasteiger partial charge in [-0.15, -0.1) is 10.2 Å². The van der Waals surface area contributed by atoms with Crippen molar-refractivity contribution in [2.45, 2.75) is 59.3 Å². The van der Waals surface area contributed by atoms with Gasteiger partial charge in [-0.05, 0) is 43.6 Å². The summed E-state index contributed by atoms with van der Waals surface area (Å²) >= 11 is 5.19. The van der Waals surface area contributed by atoms with Crippen molar-refractivity contribution in [1.29, 1.82) is 0 Å². The number of rotatable bonds is 10. The second-order valence-electron chi connectivity index (χ2n) is 7.35. The standard InChI is InChI=1S/C21H31N5O2S/c1-4-5-6-7-16(3)14-22-21(29)26-23-18(27)12-13-19-24-25-20(28-19)17-10-8-15(2)9-11-17/h8-11,16H,4-7,12-14H2,1-3H3,(H,23,27)(H2,22,26,29)/t16-/m0/s1. The largest absolute Gasteiger partial charge is 0.421 e. The Morgan fingerprint density at radius 2 is 1.93 bits per heavy atom. The van der Waals surface area contributed by atoms with E-state index in [0.29, 0.717) is 29.2 Å². The van der Waals surface area contributed by atoms with Crippen LogP contribution in [0.5, 0.6) is 0 Å². The summed E-state index contributed by atoms with van der Waals surface area (Å²) in [6.07, 6.45) is 5.47. The van der Waals surface area contributed by atoms with Crippen molar-refractivity contribution < 1.29 is 9.21 Å². The van der Waals surface area contributed by atoms with E-state index >= 15 is 0 Å². The zero-order valence-corrected chi connectivity index (χ0v) is 18.3. The number of unbranched alkanes of at least 4 members (excludes halogenated alkanes) is 2. The Balaban J connectivity index is 1.64. The van der Waals surface area contributed by atoms with Crippen LogP contribution in [0.2, 0.25) is 0 Å². The van der Waals surface area contributed by atoms with Crippen LogP contribution < -0.4 is 16.2 Å². The molecule has 29 heavy (non-hydrogen) atoms. The molecule has 1 aromatic carbocycles. The molecule has 3 N–H and O–H groups in total. The van der Waals surface area contributed by atoms with Crippen molar-refractivity contribution in [1.82, 2.24) is 26.4 Å². The van der Waals surface area contributed by atoms with Gasteiger partial charge in [0.1, 0.15) is 0 Å². The van der Waals surface area contributed by atoms with Gasteiger partial charge in [-0.2, -0.15) is 0 Å². The van der Waals surface area contributed by atoms with E-state index in [4.69, 9.17) is 16.6 Å². The van der Waals surface area contributed by atoms with Crippen molar-refractivity contribution in [2.24, 2.45) is 5.92 Å². The molecule has 0 radical (unpaired) electrons. The molecule has 2 aromatic rings. The Bertz CT molecular complexity index is 776. The highest BCUT2D eigenvalue weighted by Crippen LogP contribution is 2.18. The average Bonchev–Trinajstić information content (AvgIpc) is 3.19. The first-order chi connectivity index (χ1) is 14.0. The Morgan fingerprint density at radius 1 is 1.17 bits per heavy atom. The molecular weight excluding hydrogens is 386 g/mol. The van der Waals surface area contributed by atoms with Gasteiger partial charge >= 0.3 is 0 Å². The normalized spacial score (nSPS) is 11.7. The highest BCUT2D eigenvalue weighted by Gasteiger charge is 2.11. The number of hydrazine groups is 1. The van der Waals surface area contributed by atoms with E-state index in [1.54, 1.807) is 0 Å². The fourth-order valence-corrected chi connectivity index (χ4v) is 2.87. The van der Waals surface area contributed by atoms with Gasteiger partial charge in [0.2, 0.25) is 17.7 Å². The van der Waals surface area contributed by atoms with Gasteiger partial charge in [0, 0.05) is 24.9 Å². The van der Waals surface area contributed by atoms with Crippen LogP contribution in [0.4, 0.5) is 0 Å². The lowest BCUT2D eigenvalue weighted by atomic mass is 10.0. The molecule has 0 saturated heterocycles. The number of amides is 1. The maximum atomic E-state index is 12.0. The summed E-state index contributed by atoms with van der Waals surface area (Å²) in [6.45, 7) is 7.20. The zero-order chi connectivity index (χ0) is 21.1. The third-order valence-electron chi connectivity index (χ3n) is 4.56. The van der Waals surface area contributed by atoms with Crippen LogP contribution in [0.1, 0.15) is 57.4 Å². The quantitative estimate of drug-likeness (QED) is 0.308. The number of hydrogen-bond acceptors (Lipinski definition) is 5. The number of carbonyl (C=O) groups excluding carboxylic acids is 1. The molecule has 158 valence electrons. The van der Waals surface area contributed by atoms with E-state index in [-0.39, 0.29) is 12.3 Å². The summed E-state index contributed by atoms with van der Waals surface area (Å²) in [6, 6.07) is 7.84. The molecule has 1 aromatic heterocycles. The number of aryl methyl sites for hydroxylation is 2. The molecule has 0 aliphatic rings. The molecule has 1 amide bonds. The molecule has 0 aliphatic carbocycles. The smallest absolute Gasteiger partial charge is 0.247 e. The first-order valence-electron chi connectivity index (χ1n) is 10.2. The van der Waals surface area contributed by atoms with Crippen LogP contribution in [0, 0.1) is 12.8 Å². The van der Waals surface area contributed by atoms with Gasteiger partial charge in [0.05, 0.1) is 0 Å². The van der Waals surface area contributed by atoms with Crippen LogP contribution in [0.15, 0.2) is 28.7 Å². The predicted octanol–water partition coefficient (Wildman–Crippen LogP) is 3.69. The molecule has 7 nitrogen and oxygen atoms in total. The molecule has 8 heteroatoms. The minimum absolute atomic E-state index is 0.194. The molecular formula is C21H31N5O2S. The molecule has 0 unspecified atom stereocenters. The summed E-state index contributed by atoms with van der Waals surface area (Å²) in [5.74, 6) is 1.23. The number of hydrogen-bond donors (Lipinski definition) is 3. The third-order valence-corrected chi connectivity index (χ3v) is 4.80. The molecule has 2 rings (SSSR count). The third kappa shape index (κ3) is 8.60. The first-order valence-corrected chi connectivity index (χ1v) is 10.6. The lowest BCUT2D eigenvalue weighted by Crippen LogP contribution is -2.47. The monoisotopic (exact) mass is 417 g/mol. The average molecular weight is 418 g/mol. The number of benzene rings is 1. The first kappa shape index (κ1) is 22.8. The molecule has 1 heterocycles. The number of nitrogens with zero attached hydrogens (tertiary/aromatic N) is 2. The maximum absolute atomic E-state index is 12.0. The van der Waals surface area contributed by atoms with E-state index in [9.17, 15) is 4.79 Å². The maximum Gasteiger partial charge on any atom is 0.247 e. The second-order valence-corrected chi connectivity index (χ2v) is 7.76. The fraction of sp³-hybridized carbons (Fsp3) is 0.524. The van der Waals surface area contributed by atoms with E-state index < -0.39 is 0 Å². The zero-order valence-electron chi connectivity index (χ0n) is 17.5. The molecule has 0 saturated carbocycles. The van der Waals surface area contributed by atoms with Crippen molar-refractivity contribution in [2.75, 3.05) is 6.54 Å². The van der Waals surface area contributed by atoms with E-state index in [1.165, 1.54) is 25.7 Å². The van der Waals surface area contributed by atoms with E-state index in [1.807, 2.05) is 31.2 Å². The summed E-state index contributed by atoms with van der Waals surface area (Å²) in [7, 11) is 0. The highest BCUT2D eigenvalue weighted by atomic mass is 32.1. The van der Waals surface area contributed by atoms with Gasteiger partial charge in [-0.3, -0.25) is 15.6 Å². The number of carbonyl (C=O) groups is 1. The Labute approximate surface area is 178 Å². The molecule has 1 atom stereocenters. The lowest BCUT2D eigenvalue weighted by molar-refractivity contribution is -0.121. The summed E-state index contributed by atoms with van der Waals surface area (Å²) < 4.78 is 5.63. The van der Waals surface area contributed by atoms with Gasteiger partial charge in [-0.25, -0.2) is 0 Å². The fourth-order valence-electron chi connectivity index (χ4n) is 2.73. The van der Waals surface area contributed by atoms with Crippen LogP contribution >= 0.6 is 12.2 Å². The van der Waals surface area contributed by atoms with Crippen molar-refractivity contribution >= 4 is 23.2 Å². The minimum Gasteiger partial charge on any atom is -0.421 e. The van der Waals surface area contributed by atoms with Crippen LogP contribution in [-0.2, 0) is 11.2 Å². The number of nitrogens with one attached hydrogen (secondary N) is 3. The lowest BCUT2D eigenvalue weighted by Gasteiger charge is -2.15. The molecule has 0 spiro atoms. The van der Waals surface area contributed by atoms with Crippen molar-refractivity contribution in [3.8, 4) is 11.5 Å². The van der Waals surface area contributed by atoms with Gasteiger partial charge in [0.15, 0.2) is 5.11 Å². The Hall–Kier alpha value is -2.48. The molecule has 0 bridgehead atoms. The van der Waals surface area contributed by atoms with E-state index in [0.717, 1.165) is 17.7 Å². The number of thiocarbonyl (C=S) groups is 1. The van der Waals surface area contributed by atoms with Crippen molar-refractivity contribution in [3.05, 3.63) is 35.7 Å². The van der Waals surface area contributed by atoms with E-state index in [2.05, 4.69) is 40.2 Å². The van der Waals surface area contributed by atoms with Gasteiger partial charge < -0.3 is 9.73 Å². The van der Waals surface area contributed by atoms with Crippen LogP contribution in [0.25, 0.3) is 11.5 Å². The minimum atomic E-state index is -0.194. The van der Waals surface area contributed by atoms with Crippen LogP contribution in [-0.4, -0.2) is 27.8 Å². The SMILES string of the molecule is CCCCC[C@H](C)CNC(=S)NNC(=O)CCc1nnc(-c2ccc(C)cc2)o1. The summed E-state index contributed by atoms with van der Waals surface area (Å²) in [5, 5.41) is 11.6. The second kappa shape index (κ2) is 12.2. The van der Waals surface area contributed by atoms with Gasteiger partial charge in [0.25, 0.3) is 0 Å². The Kier molecular flexibility index (Phi) is 9.56. The molecule has 0 aliphatic heterocycles. The topological polar surface area (TPSA) is 92.1 Å². The van der Waals surface area contributed by atoms with Crippen LogP contribution in [0.3, 0.4) is 0 Å².